The lowest BCUT2D eigenvalue weighted by molar-refractivity contribution is 0.305. The second kappa shape index (κ2) is 11.3. The largest absolute Gasteiger partial charge is 0.493 e. The van der Waals surface area contributed by atoms with Gasteiger partial charge in [0.1, 0.15) is 5.75 Å². The Hall–Kier alpha value is -1.24. The molecule has 1 nitrogen and oxygen atoms in total. The molecule has 0 aliphatic carbocycles. The van der Waals surface area contributed by atoms with Crippen LogP contribution in [0.25, 0.3) is 6.08 Å². The Kier molecular flexibility index (Phi) is 10.4. The van der Waals surface area contributed by atoms with Crippen LogP contribution >= 0.6 is 0 Å². The summed E-state index contributed by atoms with van der Waals surface area (Å²) >= 11 is 0. The Labute approximate surface area is 107 Å². The molecule has 1 heteroatoms. The van der Waals surface area contributed by atoms with Crippen molar-refractivity contribution in [2.45, 2.75) is 47.0 Å². The second-order valence-corrected chi connectivity index (χ2v) is 3.59. The van der Waals surface area contributed by atoms with Crippen LogP contribution in [0.15, 0.2) is 30.3 Å². The van der Waals surface area contributed by atoms with Gasteiger partial charge in [0.2, 0.25) is 0 Å². The number of hydrogen-bond acceptors (Lipinski definition) is 1. The normalized spacial score (nSPS) is 9.88. The molecule has 17 heavy (non-hydrogen) atoms. The van der Waals surface area contributed by atoms with Crippen LogP contribution in [-0.2, 0) is 0 Å². The molecule has 96 valence electrons. The first-order valence-electron chi connectivity index (χ1n) is 6.73. The Bertz CT molecular complexity index is 302. The lowest BCUT2D eigenvalue weighted by Gasteiger charge is -2.08. The number of ether oxygens (including phenoxy) is 1. The van der Waals surface area contributed by atoms with Gasteiger partial charge in [-0.3, -0.25) is 0 Å². The van der Waals surface area contributed by atoms with Gasteiger partial charge in [-0.05, 0) is 19.4 Å². The second-order valence-electron chi connectivity index (χ2n) is 3.59. The molecule has 0 atom stereocenters. The molecule has 1 rings (SSSR count). The molecule has 0 heterocycles. The molecule has 0 bridgehead atoms. The Morgan fingerprint density at radius 3 is 2.47 bits per heavy atom. The van der Waals surface area contributed by atoms with E-state index in [9.17, 15) is 0 Å². The van der Waals surface area contributed by atoms with E-state index in [1.165, 1.54) is 12.8 Å². The first-order valence-corrected chi connectivity index (χ1v) is 6.73. The van der Waals surface area contributed by atoms with Crippen molar-refractivity contribution in [3.63, 3.8) is 0 Å². The third-order valence-corrected chi connectivity index (χ3v) is 2.27. The lowest BCUT2D eigenvalue weighted by atomic mass is 10.2. The summed E-state index contributed by atoms with van der Waals surface area (Å²) in [5, 5.41) is 0. The zero-order valence-electron chi connectivity index (χ0n) is 11.7. The summed E-state index contributed by atoms with van der Waals surface area (Å²) < 4.78 is 5.74. The van der Waals surface area contributed by atoms with Gasteiger partial charge in [0, 0.05) is 5.56 Å². The van der Waals surface area contributed by atoms with Crippen LogP contribution in [0.2, 0.25) is 0 Å². The highest BCUT2D eigenvalue weighted by Crippen LogP contribution is 2.19. The van der Waals surface area contributed by atoms with Gasteiger partial charge in [-0.1, -0.05) is 64.0 Å². The van der Waals surface area contributed by atoms with Crippen LogP contribution in [0.1, 0.15) is 52.5 Å². The minimum atomic E-state index is 0.822. The van der Waals surface area contributed by atoms with E-state index in [-0.39, 0.29) is 0 Å². The third-order valence-electron chi connectivity index (χ3n) is 2.27. The van der Waals surface area contributed by atoms with E-state index in [1.54, 1.807) is 0 Å². The third kappa shape index (κ3) is 6.83. The van der Waals surface area contributed by atoms with Crippen molar-refractivity contribution in [3.8, 4) is 5.75 Å². The molecule has 0 unspecified atom stereocenters. The summed E-state index contributed by atoms with van der Waals surface area (Å²) in [6, 6.07) is 8.16. The molecule has 0 radical (unpaired) electrons. The van der Waals surface area contributed by atoms with Crippen molar-refractivity contribution >= 4 is 6.08 Å². The summed E-state index contributed by atoms with van der Waals surface area (Å²) in [6.45, 7) is 9.05. The quantitative estimate of drug-likeness (QED) is 0.606. The number of rotatable bonds is 6. The fourth-order valence-electron chi connectivity index (χ4n) is 1.46. The van der Waals surface area contributed by atoms with E-state index in [2.05, 4.69) is 19.1 Å². The van der Waals surface area contributed by atoms with Crippen molar-refractivity contribution < 1.29 is 4.74 Å². The highest BCUT2D eigenvalue weighted by Gasteiger charge is 1.98. The van der Waals surface area contributed by atoms with Crippen molar-refractivity contribution in [1.29, 1.82) is 0 Å². The van der Waals surface area contributed by atoms with Gasteiger partial charge in [0.15, 0.2) is 0 Å². The van der Waals surface area contributed by atoms with Crippen molar-refractivity contribution in [2.24, 2.45) is 0 Å². The summed E-state index contributed by atoms with van der Waals surface area (Å²) in [4.78, 5) is 0. The average Bonchev–Trinajstić information content (AvgIpc) is 2.39. The molecule has 0 aliphatic rings. The predicted octanol–water partition coefficient (Wildman–Crippen LogP) is 5.31. The van der Waals surface area contributed by atoms with Crippen LogP contribution in [0, 0.1) is 0 Å². The van der Waals surface area contributed by atoms with Crippen LogP contribution < -0.4 is 4.74 Å². The number of unbranched alkanes of at least 4 members (excludes halogenated alkanes) is 2. The SMILES string of the molecule is C/C=C\c1ccccc1OCCCCC.CC. The van der Waals surface area contributed by atoms with E-state index in [1.807, 2.05) is 45.0 Å². The molecule has 0 amide bonds. The van der Waals surface area contributed by atoms with Gasteiger partial charge in [0.25, 0.3) is 0 Å². The van der Waals surface area contributed by atoms with E-state index >= 15 is 0 Å². The van der Waals surface area contributed by atoms with E-state index in [0.717, 1.165) is 24.3 Å². The highest BCUT2D eigenvalue weighted by molar-refractivity contribution is 5.56. The molecule has 0 saturated carbocycles. The van der Waals surface area contributed by atoms with Gasteiger partial charge in [-0.15, -0.1) is 0 Å². The smallest absolute Gasteiger partial charge is 0.126 e. The van der Waals surface area contributed by atoms with Crippen LogP contribution in [0.3, 0.4) is 0 Å². The van der Waals surface area contributed by atoms with Crippen LogP contribution in [-0.4, -0.2) is 6.61 Å². The number of allylic oxidation sites excluding steroid dienone is 1. The van der Waals surface area contributed by atoms with Crippen molar-refractivity contribution in [1.82, 2.24) is 0 Å². The maximum absolute atomic E-state index is 5.74. The summed E-state index contributed by atoms with van der Waals surface area (Å²) in [6.07, 6.45) is 7.73. The van der Waals surface area contributed by atoms with Gasteiger partial charge in [-0.25, -0.2) is 0 Å². The van der Waals surface area contributed by atoms with Gasteiger partial charge >= 0.3 is 0 Å². The average molecular weight is 234 g/mol. The fourth-order valence-corrected chi connectivity index (χ4v) is 1.46. The molecule has 1 aromatic carbocycles. The first-order chi connectivity index (χ1) is 8.38. The molecular formula is C16H26O. The monoisotopic (exact) mass is 234 g/mol. The molecule has 1 aromatic rings. The summed E-state index contributed by atoms with van der Waals surface area (Å²) in [5.74, 6) is 0.992. The van der Waals surface area contributed by atoms with Crippen LogP contribution in [0.4, 0.5) is 0 Å². The molecule has 0 N–H and O–H groups in total. The maximum Gasteiger partial charge on any atom is 0.126 e. The van der Waals surface area contributed by atoms with Gasteiger partial charge in [-0.2, -0.15) is 0 Å². The zero-order chi connectivity index (χ0) is 12.9. The molecule has 0 spiro atoms. The highest BCUT2D eigenvalue weighted by atomic mass is 16.5. The van der Waals surface area contributed by atoms with E-state index in [0.29, 0.717) is 0 Å². The van der Waals surface area contributed by atoms with Crippen LogP contribution in [0.5, 0.6) is 5.75 Å². The van der Waals surface area contributed by atoms with E-state index in [4.69, 9.17) is 4.74 Å². The minimum Gasteiger partial charge on any atom is -0.493 e. The number of hydrogen-bond donors (Lipinski definition) is 0. The van der Waals surface area contributed by atoms with Crippen molar-refractivity contribution in [3.05, 3.63) is 35.9 Å². The molecule has 0 fully saturated rings. The number of benzene rings is 1. The Balaban J connectivity index is 0.00000121. The fraction of sp³-hybridized carbons (Fsp3) is 0.500. The molecule has 0 aromatic heterocycles. The maximum atomic E-state index is 5.74. The lowest BCUT2D eigenvalue weighted by Crippen LogP contribution is -1.98. The zero-order valence-corrected chi connectivity index (χ0v) is 11.7. The topological polar surface area (TPSA) is 9.23 Å². The van der Waals surface area contributed by atoms with Gasteiger partial charge < -0.3 is 4.74 Å². The van der Waals surface area contributed by atoms with E-state index < -0.39 is 0 Å². The summed E-state index contributed by atoms with van der Waals surface area (Å²) in [7, 11) is 0. The molecule has 0 aliphatic heterocycles. The first kappa shape index (κ1) is 15.8. The van der Waals surface area contributed by atoms with Crippen molar-refractivity contribution in [2.75, 3.05) is 6.61 Å². The minimum absolute atomic E-state index is 0.822. The molecular weight excluding hydrogens is 208 g/mol. The molecule has 0 saturated heterocycles. The predicted molar refractivity (Wildman–Crippen MR) is 77.5 cm³/mol. The van der Waals surface area contributed by atoms with Gasteiger partial charge in [0.05, 0.1) is 6.61 Å². The Morgan fingerprint density at radius 1 is 1.12 bits per heavy atom. The standard InChI is InChI=1S/C14H20O.C2H6/c1-3-5-8-12-15-14-11-7-6-10-13(14)9-4-2;1-2/h4,6-7,9-11H,3,5,8,12H2,1-2H3;1-2H3/b9-4-;. The number of para-hydroxylation sites is 1. The Morgan fingerprint density at radius 2 is 1.82 bits per heavy atom. The summed E-state index contributed by atoms with van der Waals surface area (Å²) in [5.41, 5.74) is 1.16.